The van der Waals surface area contributed by atoms with E-state index < -0.39 is 0 Å². The van der Waals surface area contributed by atoms with Crippen molar-refractivity contribution in [2.45, 2.75) is 38.3 Å². The van der Waals surface area contributed by atoms with E-state index >= 15 is 0 Å². The molecule has 100 valence electrons. The van der Waals surface area contributed by atoms with Gasteiger partial charge in [-0.1, -0.05) is 12.1 Å². The predicted molar refractivity (Wildman–Crippen MR) is 76.5 cm³/mol. The van der Waals surface area contributed by atoms with Crippen LogP contribution < -0.4 is 15.0 Å². The average molecular weight is 248 g/mol. The first kappa shape index (κ1) is 13.2. The van der Waals surface area contributed by atoms with E-state index in [1.165, 1.54) is 18.5 Å². The second kappa shape index (κ2) is 5.19. The van der Waals surface area contributed by atoms with Crippen LogP contribution in [0.5, 0.6) is 5.75 Å². The van der Waals surface area contributed by atoms with Crippen LogP contribution >= 0.6 is 0 Å². The van der Waals surface area contributed by atoms with E-state index in [-0.39, 0.29) is 5.54 Å². The molecule has 3 nitrogen and oxygen atoms in total. The van der Waals surface area contributed by atoms with Crippen LogP contribution in [-0.2, 0) is 0 Å². The number of methoxy groups -OCH3 is 1. The third-order valence-corrected chi connectivity index (χ3v) is 4.15. The summed E-state index contributed by atoms with van der Waals surface area (Å²) >= 11 is 0. The fourth-order valence-electron chi connectivity index (χ4n) is 3.06. The Bertz CT molecular complexity index is 403. The maximum atomic E-state index is 5.50. The molecule has 1 aliphatic rings. The summed E-state index contributed by atoms with van der Waals surface area (Å²) in [6, 6.07) is 8.80. The van der Waals surface area contributed by atoms with Crippen LogP contribution in [0.25, 0.3) is 0 Å². The lowest BCUT2D eigenvalue weighted by Gasteiger charge is -2.49. The SMILES string of the molecule is CNC1CCCN(c2ccccc2OC)C1(C)C. The average Bonchev–Trinajstić information content (AvgIpc) is 2.38. The summed E-state index contributed by atoms with van der Waals surface area (Å²) in [5.41, 5.74) is 1.30. The lowest BCUT2D eigenvalue weighted by Crippen LogP contribution is -2.60. The minimum absolute atomic E-state index is 0.0988. The zero-order valence-electron chi connectivity index (χ0n) is 11.9. The molecule has 0 bridgehead atoms. The highest BCUT2D eigenvalue weighted by Gasteiger charge is 2.38. The van der Waals surface area contributed by atoms with Crippen LogP contribution in [0.4, 0.5) is 5.69 Å². The first-order chi connectivity index (χ1) is 8.61. The number of likely N-dealkylation sites (N-methyl/N-ethyl adjacent to an activating group) is 1. The monoisotopic (exact) mass is 248 g/mol. The van der Waals surface area contributed by atoms with Crippen LogP contribution in [0.2, 0.25) is 0 Å². The van der Waals surface area contributed by atoms with E-state index in [4.69, 9.17) is 4.74 Å². The molecule has 1 N–H and O–H groups in total. The molecule has 0 spiro atoms. The number of benzene rings is 1. The number of piperidine rings is 1. The van der Waals surface area contributed by atoms with Gasteiger partial charge in [0.05, 0.1) is 12.8 Å². The van der Waals surface area contributed by atoms with Gasteiger partial charge in [-0.25, -0.2) is 0 Å². The van der Waals surface area contributed by atoms with Gasteiger partial charge in [0.15, 0.2) is 0 Å². The molecule has 1 aromatic rings. The van der Waals surface area contributed by atoms with Gasteiger partial charge in [-0.15, -0.1) is 0 Å². The standard InChI is InChI=1S/C15H24N2O/c1-15(2)14(16-3)10-7-11-17(15)12-8-5-6-9-13(12)18-4/h5-6,8-9,14,16H,7,10-11H2,1-4H3. The predicted octanol–water partition coefficient (Wildman–Crippen LogP) is 2.66. The van der Waals surface area contributed by atoms with E-state index in [2.05, 4.69) is 43.2 Å². The first-order valence-electron chi connectivity index (χ1n) is 6.69. The summed E-state index contributed by atoms with van der Waals surface area (Å²) in [5, 5.41) is 3.45. The molecule has 0 saturated carbocycles. The van der Waals surface area contributed by atoms with E-state index in [1.807, 2.05) is 12.1 Å². The van der Waals surface area contributed by atoms with Gasteiger partial charge in [0.25, 0.3) is 0 Å². The Labute approximate surface area is 110 Å². The minimum Gasteiger partial charge on any atom is -0.495 e. The van der Waals surface area contributed by atoms with Gasteiger partial charge in [-0.3, -0.25) is 0 Å². The molecule has 1 heterocycles. The summed E-state index contributed by atoms with van der Waals surface area (Å²) in [6.07, 6.45) is 2.45. The first-order valence-corrected chi connectivity index (χ1v) is 6.69. The van der Waals surface area contributed by atoms with Crippen LogP contribution in [-0.4, -0.2) is 32.3 Å². The number of nitrogens with one attached hydrogen (secondary N) is 1. The Morgan fingerprint density at radius 2 is 2.06 bits per heavy atom. The molecule has 0 amide bonds. The molecule has 1 unspecified atom stereocenters. The van der Waals surface area contributed by atoms with Crippen LogP contribution in [0.15, 0.2) is 24.3 Å². The molecule has 3 heteroatoms. The van der Waals surface area contributed by atoms with Gasteiger partial charge in [-0.05, 0) is 45.9 Å². The van der Waals surface area contributed by atoms with Crippen molar-refractivity contribution < 1.29 is 4.74 Å². The number of rotatable bonds is 3. The van der Waals surface area contributed by atoms with Gasteiger partial charge in [0, 0.05) is 18.1 Å². The van der Waals surface area contributed by atoms with Gasteiger partial charge >= 0.3 is 0 Å². The number of anilines is 1. The Hall–Kier alpha value is -1.22. The molecule has 1 fully saturated rings. The summed E-state index contributed by atoms with van der Waals surface area (Å²) in [5.74, 6) is 0.960. The molecule has 0 radical (unpaired) electrons. The smallest absolute Gasteiger partial charge is 0.142 e. The number of hydrogen-bond acceptors (Lipinski definition) is 3. The molecule has 1 saturated heterocycles. The van der Waals surface area contributed by atoms with E-state index in [0.29, 0.717) is 6.04 Å². The van der Waals surface area contributed by atoms with Crippen molar-refractivity contribution in [3.8, 4) is 5.75 Å². The molecule has 0 aromatic heterocycles. The molecule has 2 rings (SSSR count). The molecule has 18 heavy (non-hydrogen) atoms. The van der Waals surface area contributed by atoms with Gasteiger partial charge < -0.3 is 15.0 Å². The third kappa shape index (κ3) is 2.19. The molecule has 0 aliphatic carbocycles. The largest absolute Gasteiger partial charge is 0.495 e. The quantitative estimate of drug-likeness (QED) is 0.890. The van der Waals surface area contributed by atoms with Crippen molar-refractivity contribution in [1.82, 2.24) is 5.32 Å². The van der Waals surface area contributed by atoms with Crippen molar-refractivity contribution in [2.24, 2.45) is 0 Å². The van der Waals surface area contributed by atoms with Gasteiger partial charge in [0.1, 0.15) is 5.75 Å². The van der Waals surface area contributed by atoms with Crippen LogP contribution in [0.3, 0.4) is 0 Å². The number of nitrogens with zero attached hydrogens (tertiary/aromatic N) is 1. The normalized spacial score (nSPS) is 22.9. The number of hydrogen-bond donors (Lipinski definition) is 1. The van der Waals surface area contributed by atoms with Crippen LogP contribution in [0, 0.1) is 0 Å². The zero-order valence-corrected chi connectivity index (χ0v) is 11.9. The van der Waals surface area contributed by atoms with Gasteiger partial charge in [-0.2, -0.15) is 0 Å². The second-order valence-electron chi connectivity index (χ2n) is 5.46. The fraction of sp³-hybridized carbons (Fsp3) is 0.600. The lowest BCUT2D eigenvalue weighted by molar-refractivity contribution is 0.273. The van der Waals surface area contributed by atoms with Gasteiger partial charge in [0.2, 0.25) is 0 Å². The molecular formula is C15H24N2O. The minimum atomic E-state index is 0.0988. The Balaban J connectivity index is 2.36. The van der Waals surface area contributed by atoms with E-state index in [1.54, 1.807) is 7.11 Å². The Morgan fingerprint density at radius 3 is 2.72 bits per heavy atom. The zero-order chi connectivity index (χ0) is 13.2. The Morgan fingerprint density at radius 1 is 1.33 bits per heavy atom. The summed E-state index contributed by atoms with van der Waals surface area (Å²) in [6.45, 7) is 5.70. The fourth-order valence-corrected chi connectivity index (χ4v) is 3.06. The lowest BCUT2D eigenvalue weighted by atomic mass is 9.84. The Kier molecular flexibility index (Phi) is 3.81. The van der Waals surface area contributed by atoms with E-state index in [9.17, 15) is 0 Å². The van der Waals surface area contributed by atoms with Crippen molar-refractivity contribution in [3.05, 3.63) is 24.3 Å². The van der Waals surface area contributed by atoms with Crippen molar-refractivity contribution >= 4 is 5.69 Å². The number of ether oxygens (including phenoxy) is 1. The topological polar surface area (TPSA) is 24.5 Å². The molecule has 1 atom stereocenters. The summed E-state index contributed by atoms with van der Waals surface area (Å²) < 4.78 is 5.50. The highest BCUT2D eigenvalue weighted by molar-refractivity contribution is 5.60. The highest BCUT2D eigenvalue weighted by Crippen LogP contribution is 2.37. The molecule has 1 aromatic carbocycles. The maximum absolute atomic E-state index is 5.50. The van der Waals surface area contributed by atoms with Crippen LogP contribution in [0.1, 0.15) is 26.7 Å². The molecular weight excluding hydrogens is 224 g/mol. The second-order valence-corrected chi connectivity index (χ2v) is 5.46. The number of para-hydroxylation sites is 2. The third-order valence-electron chi connectivity index (χ3n) is 4.15. The van der Waals surface area contributed by atoms with E-state index in [0.717, 1.165) is 12.3 Å². The summed E-state index contributed by atoms with van der Waals surface area (Å²) in [7, 11) is 3.80. The highest BCUT2D eigenvalue weighted by atomic mass is 16.5. The van der Waals surface area contributed by atoms with Crippen molar-refractivity contribution in [3.63, 3.8) is 0 Å². The van der Waals surface area contributed by atoms with Crippen molar-refractivity contribution in [1.29, 1.82) is 0 Å². The maximum Gasteiger partial charge on any atom is 0.142 e. The van der Waals surface area contributed by atoms with Crippen molar-refractivity contribution in [2.75, 3.05) is 25.6 Å². The summed E-state index contributed by atoms with van der Waals surface area (Å²) in [4.78, 5) is 2.47. The molecule has 1 aliphatic heterocycles.